The zero-order chi connectivity index (χ0) is 15.1. The summed E-state index contributed by atoms with van der Waals surface area (Å²) in [6.07, 6.45) is 1.54. The fourth-order valence-corrected chi connectivity index (χ4v) is 3.05. The van der Waals surface area contributed by atoms with Crippen molar-refractivity contribution in [2.75, 3.05) is 25.1 Å². The van der Waals surface area contributed by atoms with Gasteiger partial charge in [-0.1, -0.05) is 12.1 Å². The van der Waals surface area contributed by atoms with Crippen LogP contribution in [0.1, 0.15) is 11.9 Å². The molecule has 6 heteroatoms. The number of ether oxygens (including phenoxy) is 1. The van der Waals surface area contributed by atoms with Gasteiger partial charge in [-0.3, -0.25) is 0 Å². The molecule has 6 nitrogen and oxygen atoms in total. The smallest absolute Gasteiger partial charge is 0.218 e. The Morgan fingerprint density at radius 3 is 2.82 bits per heavy atom. The number of methoxy groups -OCH3 is 1. The summed E-state index contributed by atoms with van der Waals surface area (Å²) < 4.78 is 7.48. The van der Waals surface area contributed by atoms with Crippen molar-refractivity contribution in [3.63, 3.8) is 0 Å². The lowest BCUT2D eigenvalue weighted by molar-refractivity contribution is 0.387. The van der Waals surface area contributed by atoms with E-state index in [2.05, 4.69) is 49.5 Å². The van der Waals surface area contributed by atoms with Gasteiger partial charge in [-0.25, -0.2) is 15.0 Å². The van der Waals surface area contributed by atoms with Gasteiger partial charge < -0.3 is 14.2 Å². The van der Waals surface area contributed by atoms with Crippen LogP contribution in [0.3, 0.4) is 0 Å². The lowest BCUT2D eigenvalue weighted by Gasteiger charge is -2.41. The molecule has 0 bridgehead atoms. The van der Waals surface area contributed by atoms with Gasteiger partial charge in [-0.15, -0.1) is 0 Å². The normalized spacial score (nSPS) is 15.1. The zero-order valence-corrected chi connectivity index (χ0v) is 12.6. The van der Waals surface area contributed by atoms with Crippen molar-refractivity contribution in [3.8, 4) is 5.88 Å². The van der Waals surface area contributed by atoms with Crippen molar-refractivity contribution >= 4 is 16.9 Å². The Balaban J connectivity index is 1.58. The lowest BCUT2D eigenvalue weighted by Crippen LogP contribution is -2.48. The number of imidazole rings is 1. The Hall–Kier alpha value is -2.63. The largest absolute Gasteiger partial charge is 0.481 e. The molecule has 2 aromatic heterocycles. The summed E-state index contributed by atoms with van der Waals surface area (Å²) in [6, 6.07) is 10.6. The van der Waals surface area contributed by atoms with Gasteiger partial charge in [0.2, 0.25) is 5.88 Å². The first-order valence-electron chi connectivity index (χ1n) is 7.31. The van der Waals surface area contributed by atoms with E-state index in [4.69, 9.17) is 4.74 Å². The van der Waals surface area contributed by atoms with Gasteiger partial charge in [0.05, 0.1) is 24.2 Å². The van der Waals surface area contributed by atoms with Crippen LogP contribution in [0, 0.1) is 6.92 Å². The molecular weight excluding hydrogens is 278 g/mol. The second kappa shape index (κ2) is 4.98. The quantitative estimate of drug-likeness (QED) is 0.741. The monoisotopic (exact) mass is 295 g/mol. The average Bonchev–Trinajstić information content (AvgIpc) is 2.83. The molecule has 22 heavy (non-hydrogen) atoms. The number of hydrogen-bond acceptors (Lipinski definition) is 5. The van der Waals surface area contributed by atoms with Crippen molar-refractivity contribution < 1.29 is 4.74 Å². The molecule has 112 valence electrons. The fourth-order valence-electron chi connectivity index (χ4n) is 3.05. The minimum atomic E-state index is 0.424. The lowest BCUT2D eigenvalue weighted by atomic mass is 10.1. The van der Waals surface area contributed by atoms with Gasteiger partial charge in [0.1, 0.15) is 18.0 Å². The molecule has 3 aromatic rings. The van der Waals surface area contributed by atoms with E-state index < -0.39 is 0 Å². The minimum Gasteiger partial charge on any atom is -0.481 e. The van der Waals surface area contributed by atoms with Crippen LogP contribution < -0.4 is 9.64 Å². The maximum atomic E-state index is 5.16. The molecule has 3 heterocycles. The van der Waals surface area contributed by atoms with E-state index in [-0.39, 0.29) is 0 Å². The fraction of sp³-hybridized carbons (Fsp3) is 0.312. The van der Waals surface area contributed by atoms with Crippen LogP contribution in [0.15, 0.2) is 36.7 Å². The topological polar surface area (TPSA) is 56.1 Å². The van der Waals surface area contributed by atoms with Crippen molar-refractivity contribution in [2.45, 2.75) is 13.0 Å². The highest BCUT2D eigenvalue weighted by Crippen LogP contribution is 2.31. The van der Waals surface area contributed by atoms with Gasteiger partial charge >= 0.3 is 0 Å². The number of para-hydroxylation sites is 2. The maximum Gasteiger partial charge on any atom is 0.218 e. The molecule has 4 rings (SSSR count). The maximum absolute atomic E-state index is 5.16. The molecule has 1 aliphatic rings. The summed E-state index contributed by atoms with van der Waals surface area (Å²) >= 11 is 0. The van der Waals surface area contributed by atoms with E-state index >= 15 is 0 Å². The van der Waals surface area contributed by atoms with Crippen molar-refractivity contribution in [2.24, 2.45) is 0 Å². The summed E-state index contributed by atoms with van der Waals surface area (Å²) in [5.74, 6) is 2.56. The van der Waals surface area contributed by atoms with Crippen LogP contribution in [0.25, 0.3) is 11.0 Å². The van der Waals surface area contributed by atoms with Gasteiger partial charge in [-0.2, -0.15) is 0 Å². The molecule has 1 aliphatic heterocycles. The van der Waals surface area contributed by atoms with Crippen LogP contribution in [-0.2, 0) is 0 Å². The van der Waals surface area contributed by atoms with Crippen molar-refractivity contribution in [1.82, 2.24) is 19.5 Å². The zero-order valence-electron chi connectivity index (χ0n) is 12.6. The van der Waals surface area contributed by atoms with E-state index in [1.807, 2.05) is 12.1 Å². The van der Waals surface area contributed by atoms with Gasteiger partial charge in [0.15, 0.2) is 0 Å². The first kappa shape index (κ1) is 13.1. The second-order valence-corrected chi connectivity index (χ2v) is 5.50. The van der Waals surface area contributed by atoms with E-state index in [1.165, 1.54) is 5.52 Å². The molecule has 0 N–H and O–H groups in total. The molecule has 0 atom stereocenters. The van der Waals surface area contributed by atoms with Crippen molar-refractivity contribution in [1.29, 1.82) is 0 Å². The standard InChI is InChI=1S/C16H17N5O/c1-11-19-13-5-3-4-6-14(13)21(11)12-8-20(9-12)15-7-16(22-2)18-10-17-15/h3-7,10,12H,8-9H2,1-2H3. The van der Waals surface area contributed by atoms with Crippen LogP contribution in [0.4, 0.5) is 5.82 Å². The highest BCUT2D eigenvalue weighted by atomic mass is 16.5. The van der Waals surface area contributed by atoms with E-state index in [0.717, 1.165) is 30.2 Å². The third-order valence-corrected chi connectivity index (χ3v) is 4.16. The Kier molecular flexibility index (Phi) is 2.96. The Morgan fingerprint density at radius 2 is 2.00 bits per heavy atom. The number of benzene rings is 1. The molecule has 1 fully saturated rings. The highest BCUT2D eigenvalue weighted by Gasteiger charge is 2.31. The summed E-state index contributed by atoms with van der Waals surface area (Å²) in [5, 5.41) is 0. The predicted octanol–water partition coefficient (Wildman–Crippen LogP) is 2.20. The number of anilines is 1. The molecule has 0 saturated carbocycles. The van der Waals surface area contributed by atoms with Crippen LogP contribution >= 0.6 is 0 Å². The molecule has 0 aliphatic carbocycles. The summed E-state index contributed by atoms with van der Waals surface area (Å²) in [4.78, 5) is 15.2. The molecule has 0 amide bonds. The van der Waals surface area contributed by atoms with Gasteiger partial charge in [-0.05, 0) is 19.1 Å². The Bertz CT molecular complexity index is 822. The van der Waals surface area contributed by atoms with E-state index in [9.17, 15) is 0 Å². The second-order valence-electron chi connectivity index (χ2n) is 5.50. The highest BCUT2D eigenvalue weighted by molar-refractivity contribution is 5.76. The molecule has 1 aromatic carbocycles. The van der Waals surface area contributed by atoms with Gasteiger partial charge in [0.25, 0.3) is 0 Å². The number of rotatable bonds is 3. The molecule has 0 radical (unpaired) electrons. The van der Waals surface area contributed by atoms with Gasteiger partial charge in [0, 0.05) is 19.2 Å². The van der Waals surface area contributed by atoms with Crippen LogP contribution in [-0.4, -0.2) is 39.7 Å². The summed E-state index contributed by atoms with van der Waals surface area (Å²) in [6.45, 7) is 3.90. The Morgan fingerprint density at radius 1 is 1.18 bits per heavy atom. The molecule has 0 spiro atoms. The minimum absolute atomic E-state index is 0.424. The van der Waals surface area contributed by atoms with Crippen molar-refractivity contribution in [3.05, 3.63) is 42.5 Å². The summed E-state index contributed by atoms with van der Waals surface area (Å²) in [5.41, 5.74) is 2.26. The third-order valence-electron chi connectivity index (χ3n) is 4.16. The number of fused-ring (bicyclic) bond motifs is 1. The van der Waals surface area contributed by atoms with E-state index in [1.54, 1.807) is 13.4 Å². The number of aryl methyl sites for hydroxylation is 1. The molecule has 1 saturated heterocycles. The first-order valence-corrected chi connectivity index (χ1v) is 7.31. The average molecular weight is 295 g/mol. The number of hydrogen-bond donors (Lipinski definition) is 0. The van der Waals surface area contributed by atoms with E-state index in [0.29, 0.717) is 11.9 Å². The van der Waals surface area contributed by atoms with Crippen LogP contribution in [0.5, 0.6) is 5.88 Å². The summed E-state index contributed by atoms with van der Waals surface area (Å²) in [7, 11) is 1.62. The molecular formula is C16H17N5O. The Labute approximate surface area is 128 Å². The predicted molar refractivity (Wildman–Crippen MR) is 84.3 cm³/mol. The first-order chi connectivity index (χ1) is 10.8. The number of aromatic nitrogens is 4. The third kappa shape index (κ3) is 1.99. The molecule has 0 unspecified atom stereocenters. The number of nitrogens with zero attached hydrogens (tertiary/aromatic N) is 5. The SMILES string of the molecule is COc1cc(N2CC(n3c(C)nc4ccccc43)C2)ncn1. The van der Waals surface area contributed by atoms with Crippen LogP contribution in [0.2, 0.25) is 0 Å².